The van der Waals surface area contributed by atoms with E-state index in [1.54, 1.807) is 0 Å². The summed E-state index contributed by atoms with van der Waals surface area (Å²) in [5.74, 6) is -0.389. The van der Waals surface area contributed by atoms with E-state index in [9.17, 15) is 18.0 Å². The van der Waals surface area contributed by atoms with Crippen molar-refractivity contribution in [3.8, 4) is 0 Å². The van der Waals surface area contributed by atoms with E-state index in [0.29, 0.717) is 24.0 Å². The van der Waals surface area contributed by atoms with Crippen LogP contribution in [-0.4, -0.2) is 42.5 Å². The molecule has 2 aliphatic rings. The van der Waals surface area contributed by atoms with Gasteiger partial charge in [0.05, 0.1) is 6.04 Å². The molecule has 2 heterocycles. The van der Waals surface area contributed by atoms with Crippen LogP contribution in [0.3, 0.4) is 0 Å². The van der Waals surface area contributed by atoms with Gasteiger partial charge in [-0.05, 0) is 68.5 Å². The Morgan fingerprint density at radius 2 is 1.89 bits per heavy atom. The highest BCUT2D eigenvalue weighted by molar-refractivity contribution is 7.94. The Morgan fingerprint density at radius 1 is 1.19 bits per heavy atom. The molecule has 36 heavy (non-hydrogen) atoms. The summed E-state index contributed by atoms with van der Waals surface area (Å²) in [6.07, 6.45) is 5.57. The third-order valence-electron chi connectivity index (χ3n) is 6.79. The molecule has 0 radical (unpaired) electrons. The van der Waals surface area contributed by atoms with Crippen molar-refractivity contribution in [2.75, 3.05) is 6.26 Å². The van der Waals surface area contributed by atoms with Gasteiger partial charge in [-0.3, -0.25) is 9.59 Å². The number of carbonyl (C=O) groups excluding carboxylic acids is 1. The van der Waals surface area contributed by atoms with Crippen molar-refractivity contribution < 1.29 is 13.2 Å². The number of rotatable bonds is 7. The van der Waals surface area contributed by atoms with Crippen LogP contribution in [0.5, 0.6) is 0 Å². The number of aromatic nitrogens is 1. The molecule has 1 amide bonds. The molecule has 1 unspecified atom stereocenters. The molecule has 1 atom stereocenters. The molecule has 8 heteroatoms. The van der Waals surface area contributed by atoms with E-state index in [4.69, 9.17) is 0 Å². The van der Waals surface area contributed by atoms with Gasteiger partial charge in [0, 0.05) is 53.2 Å². The molecule has 1 aliphatic heterocycles. The lowest BCUT2D eigenvalue weighted by Gasteiger charge is -2.33. The minimum absolute atomic E-state index is 0.0385. The molecule has 190 valence electrons. The highest BCUT2D eigenvalue weighted by Crippen LogP contribution is 2.40. The molecule has 1 aromatic heterocycles. The van der Waals surface area contributed by atoms with Crippen molar-refractivity contribution in [2.45, 2.75) is 59.2 Å². The van der Waals surface area contributed by atoms with Crippen LogP contribution in [0.15, 0.2) is 75.1 Å². The smallest absolute Gasteiger partial charge is 0.253 e. The standard InChI is InChI=1S/C28H33N3O4S/c1-17(2)31-16-18(3)26-23(13-22(14-25(26)31)36(5,34)35)27(32)29-15-24-21(11-19(4)30-28(24)33)12-20-9-7-6-8-10-20/h6-11,13,16-17,25H,12,14-15H2,1-5H3,(H,29,32)(H,30,33). The second kappa shape index (κ2) is 9.93. The number of fused-ring (bicyclic) bond motifs is 1. The molecule has 1 aliphatic carbocycles. The zero-order valence-corrected chi connectivity index (χ0v) is 22.2. The maximum Gasteiger partial charge on any atom is 0.253 e. The molecular formula is C28H33N3O4S. The summed E-state index contributed by atoms with van der Waals surface area (Å²) in [5, 5.41) is 2.90. The topological polar surface area (TPSA) is 99.3 Å². The fourth-order valence-electron chi connectivity index (χ4n) is 5.05. The fourth-order valence-corrected chi connectivity index (χ4v) is 5.85. The van der Waals surface area contributed by atoms with Crippen molar-refractivity contribution in [1.82, 2.24) is 15.2 Å². The number of amides is 1. The van der Waals surface area contributed by atoms with Crippen LogP contribution in [0.2, 0.25) is 0 Å². The molecule has 2 N–H and O–H groups in total. The second-order valence-corrected chi connectivity index (χ2v) is 12.0. The van der Waals surface area contributed by atoms with Crippen LogP contribution in [0.25, 0.3) is 0 Å². The highest BCUT2D eigenvalue weighted by atomic mass is 32.2. The first-order valence-electron chi connectivity index (χ1n) is 12.1. The molecule has 2 aromatic rings. The average Bonchev–Trinajstić information content (AvgIpc) is 3.14. The zero-order chi connectivity index (χ0) is 26.2. The van der Waals surface area contributed by atoms with Crippen LogP contribution in [-0.2, 0) is 27.6 Å². The van der Waals surface area contributed by atoms with Crippen molar-refractivity contribution in [3.05, 3.63) is 103 Å². The number of aryl methyl sites for hydroxylation is 1. The van der Waals surface area contributed by atoms with E-state index in [-0.39, 0.29) is 35.0 Å². The lowest BCUT2D eigenvalue weighted by molar-refractivity contribution is -0.117. The molecule has 0 spiro atoms. The minimum atomic E-state index is -3.48. The first-order chi connectivity index (χ1) is 17.0. The Kier molecular flexibility index (Phi) is 7.09. The van der Waals surface area contributed by atoms with E-state index in [2.05, 4.69) is 15.2 Å². The van der Waals surface area contributed by atoms with Gasteiger partial charge in [-0.25, -0.2) is 8.42 Å². The summed E-state index contributed by atoms with van der Waals surface area (Å²) in [6, 6.07) is 11.7. The van der Waals surface area contributed by atoms with Gasteiger partial charge in [-0.1, -0.05) is 30.3 Å². The lowest BCUT2D eigenvalue weighted by atomic mass is 9.89. The maximum atomic E-state index is 13.5. The number of H-pyrrole nitrogens is 1. The van der Waals surface area contributed by atoms with Gasteiger partial charge in [0.1, 0.15) is 0 Å². The molecule has 1 aromatic carbocycles. The van der Waals surface area contributed by atoms with E-state index in [1.165, 1.54) is 12.3 Å². The summed E-state index contributed by atoms with van der Waals surface area (Å²) in [6.45, 7) is 7.91. The number of nitrogens with zero attached hydrogens (tertiary/aromatic N) is 1. The number of carbonyl (C=O) groups is 1. The predicted molar refractivity (Wildman–Crippen MR) is 142 cm³/mol. The van der Waals surface area contributed by atoms with Crippen LogP contribution in [0.4, 0.5) is 0 Å². The quantitative estimate of drug-likeness (QED) is 0.598. The normalized spacial score (nSPS) is 17.7. The zero-order valence-electron chi connectivity index (χ0n) is 21.4. The van der Waals surface area contributed by atoms with Crippen LogP contribution < -0.4 is 10.9 Å². The summed E-state index contributed by atoms with van der Waals surface area (Å²) >= 11 is 0. The number of pyridine rings is 1. The summed E-state index contributed by atoms with van der Waals surface area (Å²) in [7, 11) is -3.48. The summed E-state index contributed by atoms with van der Waals surface area (Å²) in [4.78, 5) is 31.5. The highest BCUT2D eigenvalue weighted by Gasteiger charge is 2.38. The van der Waals surface area contributed by atoms with Gasteiger partial charge >= 0.3 is 0 Å². The number of hydrogen-bond acceptors (Lipinski definition) is 5. The third-order valence-corrected chi connectivity index (χ3v) is 8.03. The Bertz CT molecular complexity index is 1450. The molecule has 0 bridgehead atoms. The maximum absolute atomic E-state index is 13.5. The number of aromatic amines is 1. The Morgan fingerprint density at radius 3 is 2.53 bits per heavy atom. The van der Waals surface area contributed by atoms with Crippen molar-refractivity contribution in [3.63, 3.8) is 0 Å². The van der Waals surface area contributed by atoms with Gasteiger partial charge in [0.15, 0.2) is 9.84 Å². The summed E-state index contributed by atoms with van der Waals surface area (Å²) in [5.41, 5.74) is 5.05. The van der Waals surface area contributed by atoms with Crippen molar-refractivity contribution in [2.24, 2.45) is 0 Å². The van der Waals surface area contributed by atoms with E-state index in [0.717, 1.165) is 28.0 Å². The molecular weight excluding hydrogens is 474 g/mol. The molecule has 4 rings (SSSR count). The van der Waals surface area contributed by atoms with Crippen molar-refractivity contribution >= 4 is 15.7 Å². The Hall–Kier alpha value is -3.39. The average molecular weight is 508 g/mol. The van der Waals surface area contributed by atoms with Gasteiger partial charge in [0.2, 0.25) is 0 Å². The first kappa shape index (κ1) is 25.7. The third kappa shape index (κ3) is 5.23. The van der Waals surface area contributed by atoms with E-state index < -0.39 is 9.84 Å². The van der Waals surface area contributed by atoms with Crippen LogP contribution in [0, 0.1) is 6.92 Å². The lowest BCUT2D eigenvalue weighted by Crippen LogP contribution is -2.38. The van der Waals surface area contributed by atoms with Crippen LogP contribution in [0.1, 0.15) is 49.6 Å². The molecule has 7 nitrogen and oxygen atoms in total. The number of hydrogen-bond donors (Lipinski definition) is 2. The van der Waals surface area contributed by atoms with Crippen LogP contribution >= 0.6 is 0 Å². The number of benzene rings is 1. The monoisotopic (exact) mass is 507 g/mol. The van der Waals surface area contributed by atoms with Gasteiger partial charge in [-0.15, -0.1) is 0 Å². The molecule has 0 saturated carbocycles. The van der Waals surface area contributed by atoms with Gasteiger partial charge in [-0.2, -0.15) is 0 Å². The molecule has 0 saturated heterocycles. The Balaban J connectivity index is 1.67. The summed E-state index contributed by atoms with van der Waals surface area (Å²) < 4.78 is 24.9. The van der Waals surface area contributed by atoms with Gasteiger partial charge in [0.25, 0.3) is 11.5 Å². The second-order valence-electron chi connectivity index (χ2n) is 9.91. The number of sulfone groups is 1. The SMILES string of the molecule is CC1=CN(C(C)C)C2CC(S(C)(=O)=O)=CC(C(=O)NCc3c(Cc4ccccc4)cc(C)[nH]c3=O)=C12. The first-order valence-corrected chi connectivity index (χ1v) is 14.0. The number of nitrogens with one attached hydrogen (secondary N) is 2. The minimum Gasteiger partial charge on any atom is -0.367 e. The Labute approximate surface area is 212 Å². The fraction of sp³-hybridized carbons (Fsp3) is 0.357. The largest absolute Gasteiger partial charge is 0.367 e. The molecule has 0 fully saturated rings. The van der Waals surface area contributed by atoms with Gasteiger partial charge < -0.3 is 15.2 Å². The van der Waals surface area contributed by atoms with Crippen molar-refractivity contribution in [1.29, 1.82) is 0 Å². The van der Waals surface area contributed by atoms with E-state index in [1.807, 2.05) is 70.3 Å². The predicted octanol–water partition coefficient (Wildman–Crippen LogP) is 3.52. The van der Waals surface area contributed by atoms with E-state index >= 15 is 0 Å².